The molecule has 0 radical (unpaired) electrons. The fourth-order valence-electron chi connectivity index (χ4n) is 3.40. The minimum absolute atomic E-state index is 0.00406. The Labute approximate surface area is 159 Å². The average Bonchev–Trinajstić information content (AvgIpc) is 3.09. The topological polar surface area (TPSA) is 47.7 Å². The Hall–Kier alpha value is -2.79. The molecule has 140 valence electrons. The van der Waals surface area contributed by atoms with Crippen LogP contribution in [0.4, 0.5) is 0 Å². The number of nitrogens with zero attached hydrogens (tertiary/aromatic N) is 2. The number of aromatic nitrogens is 1. The molecule has 2 heterocycles. The lowest BCUT2D eigenvalue weighted by Crippen LogP contribution is -2.39. The van der Waals surface area contributed by atoms with Gasteiger partial charge in [0.2, 0.25) is 5.89 Å². The summed E-state index contributed by atoms with van der Waals surface area (Å²) in [5.41, 5.74) is 4.35. The van der Waals surface area contributed by atoms with E-state index in [0.717, 1.165) is 29.3 Å². The highest BCUT2D eigenvalue weighted by molar-refractivity contribution is 5.59. The smallest absolute Gasteiger partial charge is 0.226 e. The molecule has 0 fully saturated rings. The Morgan fingerprint density at radius 1 is 1.11 bits per heavy atom. The van der Waals surface area contributed by atoms with Gasteiger partial charge in [0.05, 0.1) is 5.69 Å². The summed E-state index contributed by atoms with van der Waals surface area (Å²) in [6.07, 6.45) is 1.73. The number of oxazole rings is 1. The lowest BCUT2D eigenvalue weighted by molar-refractivity contribution is 0.0635. The highest BCUT2D eigenvalue weighted by Gasteiger charge is 2.22. The Morgan fingerprint density at radius 3 is 2.74 bits per heavy atom. The second kappa shape index (κ2) is 7.45. The second-order valence-electron chi connectivity index (χ2n) is 7.16. The molecule has 4 rings (SSSR count). The summed E-state index contributed by atoms with van der Waals surface area (Å²) in [5.74, 6) is 2.29. The molecule has 0 saturated carbocycles. The van der Waals surface area contributed by atoms with Crippen LogP contribution in [0.5, 0.6) is 11.5 Å². The number of aryl methyl sites for hydroxylation is 2. The van der Waals surface area contributed by atoms with Crippen molar-refractivity contribution in [2.45, 2.75) is 26.5 Å². The number of likely N-dealkylation sites (N-methyl/N-ethyl adjacent to an activating group) is 1. The van der Waals surface area contributed by atoms with E-state index in [1.54, 1.807) is 6.26 Å². The molecule has 0 spiro atoms. The monoisotopic (exact) mass is 364 g/mol. The van der Waals surface area contributed by atoms with Crippen molar-refractivity contribution in [3.05, 3.63) is 65.5 Å². The SMILES string of the molecule is Cc1ccc(-c2nc(CN(C)C[C@@H]3COc4ccccc4O3)co2)c(C)c1. The highest BCUT2D eigenvalue weighted by Crippen LogP contribution is 2.31. The molecule has 27 heavy (non-hydrogen) atoms. The molecular weight excluding hydrogens is 340 g/mol. The summed E-state index contributed by atoms with van der Waals surface area (Å²) < 4.78 is 17.5. The zero-order valence-electron chi connectivity index (χ0n) is 15.9. The van der Waals surface area contributed by atoms with Crippen molar-refractivity contribution >= 4 is 0 Å². The standard InChI is InChI=1S/C22H24N2O3/c1-15-8-9-19(16(2)10-15)22-23-17(13-26-22)11-24(3)12-18-14-25-20-6-4-5-7-21(20)27-18/h4-10,13,18H,11-12,14H2,1-3H3/t18-/m1/s1. The number of hydrogen-bond acceptors (Lipinski definition) is 5. The Kier molecular flexibility index (Phi) is 4.86. The molecule has 0 bridgehead atoms. The predicted molar refractivity (Wildman–Crippen MR) is 104 cm³/mol. The predicted octanol–water partition coefficient (Wildman–Crippen LogP) is 4.23. The van der Waals surface area contributed by atoms with E-state index >= 15 is 0 Å². The minimum Gasteiger partial charge on any atom is -0.486 e. The first-order valence-electron chi connectivity index (χ1n) is 9.17. The van der Waals surface area contributed by atoms with E-state index in [1.165, 1.54) is 11.1 Å². The van der Waals surface area contributed by atoms with Gasteiger partial charge in [-0.2, -0.15) is 0 Å². The van der Waals surface area contributed by atoms with Gasteiger partial charge in [-0.1, -0.05) is 29.8 Å². The van der Waals surface area contributed by atoms with E-state index in [9.17, 15) is 0 Å². The van der Waals surface area contributed by atoms with Gasteiger partial charge in [-0.15, -0.1) is 0 Å². The van der Waals surface area contributed by atoms with Gasteiger partial charge in [-0.05, 0) is 44.7 Å². The number of hydrogen-bond donors (Lipinski definition) is 0. The van der Waals surface area contributed by atoms with Gasteiger partial charge in [0, 0.05) is 18.7 Å². The number of ether oxygens (including phenoxy) is 2. The summed E-state index contributed by atoms with van der Waals surface area (Å²) >= 11 is 0. The van der Waals surface area contributed by atoms with Gasteiger partial charge >= 0.3 is 0 Å². The molecule has 0 unspecified atom stereocenters. The average molecular weight is 364 g/mol. The first kappa shape index (κ1) is 17.6. The van der Waals surface area contributed by atoms with Crippen LogP contribution in [0, 0.1) is 13.8 Å². The normalized spacial score (nSPS) is 15.9. The van der Waals surface area contributed by atoms with Crippen molar-refractivity contribution in [3.8, 4) is 23.0 Å². The molecule has 1 aliphatic heterocycles. The van der Waals surface area contributed by atoms with E-state index < -0.39 is 0 Å². The Morgan fingerprint density at radius 2 is 1.93 bits per heavy atom. The maximum absolute atomic E-state index is 6.03. The molecule has 5 heteroatoms. The molecule has 1 aliphatic rings. The maximum Gasteiger partial charge on any atom is 0.226 e. The molecular formula is C22H24N2O3. The van der Waals surface area contributed by atoms with Crippen LogP contribution >= 0.6 is 0 Å². The van der Waals surface area contributed by atoms with Crippen LogP contribution in [0.2, 0.25) is 0 Å². The number of rotatable bonds is 5. The van der Waals surface area contributed by atoms with Crippen molar-refractivity contribution in [2.75, 3.05) is 20.2 Å². The fraction of sp³-hybridized carbons (Fsp3) is 0.318. The zero-order valence-corrected chi connectivity index (χ0v) is 15.9. The Balaban J connectivity index is 1.38. The minimum atomic E-state index is -0.00406. The summed E-state index contributed by atoms with van der Waals surface area (Å²) in [5, 5.41) is 0. The summed E-state index contributed by atoms with van der Waals surface area (Å²) in [6, 6.07) is 14.1. The van der Waals surface area contributed by atoms with Gasteiger partial charge in [-0.25, -0.2) is 4.98 Å². The van der Waals surface area contributed by atoms with Crippen molar-refractivity contribution in [1.82, 2.24) is 9.88 Å². The lowest BCUT2D eigenvalue weighted by atomic mass is 10.1. The van der Waals surface area contributed by atoms with E-state index in [2.05, 4.69) is 49.0 Å². The fourth-order valence-corrected chi connectivity index (χ4v) is 3.40. The third-order valence-electron chi connectivity index (χ3n) is 4.68. The van der Waals surface area contributed by atoms with Gasteiger partial charge in [0.15, 0.2) is 11.5 Å². The summed E-state index contributed by atoms with van der Waals surface area (Å²) in [6.45, 7) is 6.16. The summed E-state index contributed by atoms with van der Waals surface area (Å²) in [7, 11) is 2.05. The number of para-hydroxylation sites is 2. The molecule has 0 amide bonds. The first-order chi connectivity index (χ1) is 13.1. The van der Waals surface area contributed by atoms with Crippen molar-refractivity contribution in [1.29, 1.82) is 0 Å². The molecule has 2 aromatic carbocycles. The number of fused-ring (bicyclic) bond motifs is 1. The van der Waals surface area contributed by atoms with Crippen LogP contribution in [0.15, 0.2) is 53.1 Å². The zero-order chi connectivity index (χ0) is 18.8. The van der Waals surface area contributed by atoms with E-state index in [4.69, 9.17) is 13.9 Å². The van der Waals surface area contributed by atoms with Crippen molar-refractivity contribution in [3.63, 3.8) is 0 Å². The van der Waals surface area contributed by atoms with Crippen molar-refractivity contribution < 1.29 is 13.9 Å². The third kappa shape index (κ3) is 3.98. The summed E-state index contributed by atoms with van der Waals surface area (Å²) in [4.78, 5) is 6.83. The third-order valence-corrected chi connectivity index (χ3v) is 4.68. The van der Waals surface area contributed by atoms with Crippen LogP contribution in [0.25, 0.3) is 11.5 Å². The highest BCUT2D eigenvalue weighted by atomic mass is 16.6. The van der Waals surface area contributed by atoms with E-state index in [-0.39, 0.29) is 6.10 Å². The molecule has 3 aromatic rings. The van der Waals surface area contributed by atoms with Crippen LogP contribution in [-0.2, 0) is 6.54 Å². The van der Waals surface area contributed by atoms with Crippen molar-refractivity contribution in [2.24, 2.45) is 0 Å². The molecule has 0 saturated heterocycles. The van der Waals surface area contributed by atoms with Gasteiger partial charge in [0.1, 0.15) is 19.0 Å². The van der Waals surface area contributed by atoms with Gasteiger partial charge in [0.25, 0.3) is 0 Å². The largest absolute Gasteiger partial charge is 0.486 e. The van der Waals surface area contributed by atoms with Crippen LogP contribution in [0.1, 0.15) is 16.8 Å². The molecule has 0 aliphatic carbocycles. The quantitative estimate of drug-likeness (QED) is 0.678. The maximum atomic E-state index is 6.03. The molecule has 1 atom stereocenters. The van der Waals surface area contributed by atoms with E-state index in [0.29, 0.717) is 19.0 Å². The molecule has 0 N–H and O–H groups in total. The van der Waals surface area contributed by atoms with Gasteiger partial charge in [-0.3, -0.25) is 4.90 Å². The van der Waals surface area contributed by atoms with Crippen LogP contribution < -0.4 is 9.47 Å². The second-order valence-corrected chi connectivity index (χ2v) is 7.16. The number of benzene rings is 2. The lowest BCUT2D eigenvalue weighted by Gasteiger charge is -2.29. The van der Waals surface area contributed by atoms with E-state index in [1.807, 2.05) is 24.3 Å². The van der Waals surface area contributed by atoms with Gasteiger partial charge < -0.3 is 13.9 Å². The molecule has 1 aromatic heterocycles. The van der Waals surface area contributed by atoms with Crippen LogP contribution in [0.3, 0.4) is 0 Å². The molecule has 5 nitrogen and oxygen atoms in total. The van der Waals surface area contributed by atoms with Crippen LogP contribution in [-0.4, -0.2) is 36.2 Å². The first-order valence-corrected chi connectivity index (χ1v) is 9.17. The Bertz CT molecular complexity index is 935.